The van der Waals surface area contributed by atoms with Crippen molar-refractivity contribution in [3.8, 4) is 17.6 Å². The molecule has 6 heteroatoms. The van der Waals surface area contributed by atoms with E-state index in [9.17, 15) is 5.26 Å². The number of halogens is 1. The van der Waals surface area contributed by atoms with E-state index in [1.807, 2.05) is 54.6 Å². The van der Waals surface area contributed by atoms with Gasteiger partial charge in [0.25, 0.3) is 8.32 Å². The largest absolute Gasteiger partial charge is 0.488 e. The molecule has 0 amide bonds. The van der Waals surface area contributed by atoms with E-state index >= 15 is 0 Å². The van der Waals surface area contributed by atoms with E-state index in [2.05, 4.69) is 98.0 Å². The van der Waals surface area contributed by atoms with Crippen molar-refractivity contribution in [2.75, 3.05) is 6.61 Å². The SMILES string of the molecule is CC(C)(C)[Si](OCc1cc(OCc2ccccc2)c(I)cc1OCC#N)(c1ccccc1)c1ccccc1. The van der Waals surface area contributed by atoms with E-state index in [0.29, 0.717) is 19.0 Å². The predicted octanol–water partition coefficient (Wildman–Crippen LogP) is 6.85. The summed E-state index contributed by atoms with van der Waals surface area (Å²) in [6.07, 6.45) is 0. The van der Waals surface area contributed by atoms with Crippen molar-refractivity contribution in [2.45, 2.75) is 39.0 Å². The number of rotatable bonds is 10. The first kappa shape index (κ1) is 27.9. The van der Waals surface area contributed by atoms with Crippen LogP contribution in [0.2, 0.25) is 5.04 Å². The quantitative estimate of drug-likeness (QED) is 0.142. The van der Waals surface area contributed by atoms with Gasteiger partial charge in [0.15, 0.2) is 6.61 Å². The molecule has 4 rings (SSSR count). The summed E-state index contributed by atoms with van der Waals surface area (Å²) in [7, 11) is -2.75. The molecule has 0 unspecified atom stereocenters. The Balaban J connectivity index is 1.74. The fourth-order valence-corrected chi connectivity index (χ4v) is 9.85. The molecule has 0 radical (unpaired) electrons. The maximum Gasteiger partial charge on any atom is 0.261 e. The lowest BCUT2D eigenvalue weighted by Gasteiger charge is -2.43. The fraction of sp³-hybridized carbons (Fsp3) is 0.219. The monoisotopic (exact) mass is 633 g/mol. The molecule has 194 valence electrons. The lowest BCUT2D eigenvalue weighted by Crippen LogP contribution is -2.66. The second kappa shape index (κ2) is 12.6. The first-order valence-corrected chi connectivity index (χ1v) is 15.6. The molecule has 0 aliphatic heterocycles. The van der Waals surface area contributed by atoms with Crippen LogP contribution in [0.1, 0.15) is 31.9 Å². The molecule has 0 atom stereocenters. The van der Waals surface area contributed by atoms with Gasteiger partial charge >= 0.3 is 0 Å². The van der Waals surface area contributed by atoms with Crippen molar-refractivity contribution in [1.29, 1.82) is 5.26 Å². The maximum absolute atomic E-state index is 9.19. The second-order valence-corrected chi connectivity index (χ2v) is 15.5. The van der Waals surface area contributed by atoms with E-state index < -0.39 is 8.32 Å². The van der Waals surface area contributed by atoms with E-state index in [1.165, 1.54) is 10.4 Å². The third-order valence-corrected chi connectivity index (χ3v) is 12.3. The third kappa shape index (κ3) is 6.29. The molecule has 0 saturated heterocycles. The van der Waals surface area contributed by atoms with E-state index in [4.69, 9.17) is 13.9 Å². The lowest BCUT2D eigenvalue weighted by molar-refractivity contribution is 0.270. The van der Waals surface area contributed by atoms with Crippen LogP contribution >= 0.6 is 22.6 Å². The van der Waals surface area contributed by atoms with Gasteiger partial charge in [-0.05, 0) is 55.7 Å². The summed E-state index contributed by atoms with van der Waals surface area (Å²) in [6, 6.07) is 37.2. The van der Waals surface area contributed by atoms with Gasteiger partial charge in [0.2, 0.25) is 0 Å². The molecule has 4 aromatic rings. The van der Waals surface area contributed by atoms with Crippen molar-refractivity contribution >= 4 is 41.3 Å². The van der Waals surface area contributed by atoms with Crippen LogP contribution in [0.5, 0.6) is 11.5 Å². The Kier molecular flexibility index (Phi) is 9.26. The Hall–Kier alpha value is -3.12. The zero-order chi connectivity index (χ0) is 27.0. The Labute approximate surface area is 240 Å². The Morgan fingerprint density at radius 2 is 1.29 bits per heavy atom. The Bertz CT molecular complexity index is 1330. The van der Waals surface area contributed by atoms with E-state index in [0.717, 1.165) is 20.4 Å². The minimum Gasteiger partial charge on any atom is -0.488 e. The van der Waals surface area contributed by atoms with Crippen LogP contribution in [0.4, 0.5) is 0 Å². The summed E-state index contributed by atoms with van der Waals surface area (Å²) >= 11 is 2.25. The van der Waals surface area contributed by atoms with Gasteiger partial charge < -0.3 is 13.9 Å². The Morgan fingerprint density at radius 3 is 1.82 bits per heavy atom. The molecule has 0 aliphatic carbocycles. The van der Waals surface area contributed by atoms with Crippen LogP contribution < -0.4 is 19.8 Å². The average molecular weight is 634 g/mol. The molecule has 0 aliphatic rings. The molecule has 4 aromatic carbocycles. The first-order valence-electron chi connectivity index (χ1n) is 12.6. The average Bonchev–Trinajstić information content (AvgIpc) is 2.93. The highest BCUT2D eigenvalue weighted by Gasteiger charge is 2.50. The van der Waals surface area contributed by atoms with E-state index in [-0.39, 0.29) is 11.6 Å². The summed E-state index contributed by atoms with van der Waals surface area (Å²) in [5.41, 5.74) is 1.95. The summed E-state index contributed by atoms with van der Waals surface area (Å²) in [5, 5.41) is 11.5. The summed E-state index contributed by atoms with van der Waals surface area (Å²) in [4.78, 5) is 0. The zero-order valence-electron chi connectivity index (χ0n) is 22.0. The summed E-state index contributed by atoms with van der Waals surface area (Å²) < 4.78 is 20.1. The number of ether oxygens (including phenoxy) is 2. The lowest BCUT2D eigenvalue weighted by atomic mass is 10.2. The molecular weight excluding hydrogens is 601 g/mol. The van der Waals surface area contributed by atoms with Crippen LogP contribution in [0.15, 0.2) is 103 Å². The van der Waals surface area contributed by atoms with Crippen LogP contribution in [-0.4, -0.2) is 14.9 Å². The minimum absolute atomic E-state index is 0.0352. The van der Waals surface area contributed by atoms with Gasteiger partial charge in [-0.1, -0.05) is 112 Å². The number of nitriles is 1. The normalized spacial score (nSPS) is 11.6. The van der Waals surface area contributed by atoms with Gasteiger partial charge in [0.05, 0.1) is 10.2 Å². The molecule has 0 fully saturated rings. The maximum atomic E-state index is 9.19. The number of hydrogen-bond acceptors (Lipinski definition) is 4. The van der Waals surface area contributed by atoms with Crippen molar-refractivity contribution in [2.24, 2.45) is 0 Å². The number of nitrogens with zero attached hydrogens (tertiary/aromatic N) is 1. The van der Waals surface area contributed by atoms with Crippen molar-refractivity contribution in [3.63, 3.8) is 0 Å². The second-order valence-electron chi connectivity index (χ2n) is 10.1. The molecule has 38 heavy (non-hydrogen) atoms. The molecule has 0 spiro atoms. The molecular formula is C32H32INO3Si. The zero-order valence-corrected chi connectivity index (χ0v) is 25.1. The van der Waals surface area contributed by atoms with Gasteiger partial charge in [0.1, 0.15) is 24.2 Å². The van der Waals surface area contributed by atoms with Gasteiger partial charge in [-0.15, -0.1) is 0 Å². The van der Waals surface area contributed by atoms with Crippen molar-refractivity contribution in [1.82, 2.24) is 0 Å². The number of hydrogen-bond donors (Lipinski definition) is 0. The van der Waals surface area contributed by atoms with Crippen LogP contribution in [0, 0.1) is 14.9 Å². The molecule has 0 N–H and O–H groups in total. The van der Waals surface area contributed by atoms with Gasteiger partial charge in [-0.2, -0.15) is 5.26 Å². The predicted molar refractivity (Wildman–Crippen MR) is 163 cm³/mol. The smallest absolute Gasteiger partial charge is 0.261 e. The van der Waals surface area contributed by atoms with Crippen LogP contribution in [-0.2, 0) is 17.6 Å². The molecule has 0 aromatic heterocycles. The molecule has 4 nitrogen and oxygen atoms in total. The van der Waals surface area contributed by atoms with Gasteiger partial charge in [-0.3, -0.25) is 0 Å². The fourth-order valence-electron chi connectivity index (χ4n) is 4.73. The minimum atomic E-state index is -2.75. The third-order valence-electron chi connectivity index (χ3n) is 6.51. The molecule has 0 saturated carbocycles. The molecule has 0 heterocycles. The topological polar surface area (TPSA) is 51.5 Å². The standard InChI is InChI=1S/C32H32INO3Si/c1-32(2,3)38(27-15-9-5-10-16-27,28-17-11-6-12-18-28)37-24-26-21-31(29(33)22-30(26)35-20-19-34)36-23-25-13-7-4-8-14-25/h4-18,21-22H,20,23-24H2,1-3H3. The van der Waals surface area contributed by atoms with Crippen molar-refractivity contribution in [3.05, 3.63) is 118 Å². The highest BCUT2D eigenvalue weighted by molar-refractivity contribution is 14.1. The Morgan fingerprint density at radius 1 is 0.737 bits per heavy atom. The van der Waals surface area contributed by atoms with E-state index in [1.54, 1.807) is 0 Å². The van der Waals surface area contributed by atoms with Crippen molar-refractivity contribution < 1.29 is 13.9 Å². The summed E-state index contributed by atoms with van der Waals surface area (Å²) in [5.74, 6) is 1.40. The molecule has 0 bridgehead atoms. The highest BCUT2D eigenvalue weighted by Crippen LogP contribution is 2.39. The van der Waals surface area contributed by atoms with Crippen LogP contribution in [0.3, 0.4) is 0 Å². The van der Waals surface area contributed by atoms with Crippen LogP contribution in [0.25, 0.3) is 0 Å². The summed E-state index contributed by atoms with van der Waals surface area (Å²) in [6.45, 7) is 7.53. The van der Waals surface area contributed by atoms with Gasteiger partial charge in [0, 0.05) is 5.56 Å². The number of benzene rings is 4. The van der Waals surface area contributed by atoms with Gasteiger partial charge in [-0.25, -0.2) is 0 Å². The highest BCUT2D eigenvalue weighted by atomic mass is 127. The first-order chi connectivity index (χ1) is 18.3.